The maximum absolute atomic E-state index is 13.6. The summed E-state index contributed by atoms with van der Waals surface area (Å²) in [6.07, 6.45) is -4.55. The van der Waals surface area contributed by atoms with Gasteiger partial charge in [0.15, 0.2) is 11.3 Å². The Morgan fingerprint density at radius 2 is 1.81 bits per heavy atom. The van der Waals surface area contributed by atoms with Gasteiger partial charge in [0.25, 0.3) is 0 Å². The third kappa shape index (κ3) is 2.92. The number of alkyl halides is 3. The number of fused-ring (bicyclic) bond motifs is 1. The van der Waals surface area contributed by atoms with Crippen LogP contribution in [0.2, 0.25) is 0 Å². The molecule has 0 aliphatic rings. The molecular weight excluding hydrogens is 363 g/mol. The third-order valence-corrected chi connectivity index (χ3v) is 4.77. The highest BCUT2D eigenvalue weighted by molar-refractivity contribution is 7.13. The first-order valence-electron chi connectivity index (χ1n) is 7.62. The molecule has 0 unspecified atom stereocenters. The number of nitrogens with zero attached hydrogens (tertiary/aromatic N) is 3. The Bertz CT molecular complexity index is 1050. The fourth-order valence-corrected chi connectivity index (χ4v) is 3.31. The Morgan fingerprint density at radius 3 is 2.42 bits per heavy atom. The lowest BCUT2D eigenvalue weighted by atomic mass is 10.1. The average molecular weight is 375 g/mol. The SMILES string of the molecule is COc1ccc(-c2cc(C(F)(F)F)n3nc(-c4cccs4)cc3n2)cc1. The second kappa shape index (κ2) is 6.14. The van der Waals surface area contributed by atoms with E-state index in [4.69, 9.17) is 4.74 Å². The van der Waals surface area contributed by atoms with Crippen molar-refractivity contribution >= 4 is 17.0 Å². The Kier molecular flexibility index (Phi) is 3.91. The highest BCUT2D eigenvalue weighted by Gasteiger charge is 2.35. The van der Waals surface area contributed by atoms with E-state index in [-0.39, 0.29) is 11.3 Å². The van der Waals surface area contributed by atoms with Crippen LogP contribution in [-0.2, 0) is 6.18 Å². The minimum absolute atomic E-state index is 0.147. The van der Waals surface area contributed by atoms with E-state index in [1.54, 1.807) is 30.3 Å². The van der Waals surface area contributed by atoms with Crippen molar-refractivity contribution in [2.24, 2.45) is 0 Å². The Balaban J connectivity index is 1.91. The van der Waals surface area contributed by atoms with Crippen molar-refractivity contribution in [3.8, 4) is 27.6 Å². The lowest BCUT2D eigenvalue weighted by Crippen LogP contribution is -2.13. The molecule has 4 nitrogen and oxygen atoms in total. The van der Waals surface area contributed by atoms with Gasteiger partial charge in [-0.1, -0.05) is 6.07 Å². The topological polar surface area (TPSA) is 39.4 Å². The first kappa shape index (κ1) is 16.6. The van der Waals surface area contributed by atoms with Crippen molar-refractivity contribution in [3.05, 3.63) is 59.6 Å². The zero-order valence-electron chi connectivity index (χ0n) is 13.5. The predicted octanol–water partition coefficient (Wildman–Crippen LogP) is 5.15. The molecule has 4 aromatic rings. The van der Waals surface area contributed by atoms with E-state index in [1.165, 1.54) is 18.4 Å². The lowest BCUT2D eigenvalue weighted by molar-refractivity contribution is -0.142. The maximum Gasteiger partial charge on any atom is 0.433 e. The van der Waals surface area contributed by atoms with Gasteiger partial charge in [-0.2, -0.15) is 18.3 Å². The van der Waals surface area contributed by atoms with Crippen LogP contribution in [0.25, 0.3) is 27.5 Å². The molecular formula is C18H12F3N3OS. The van der Waals surface area contributed by atoms with Crippen LogP contribution < -0.4 is 4.74 Å². The molecule has 3 heterocycles. The minimum atomic E-state index is -4.55. The van der Waals surface area contributed by atoms with E-state index in [0.29, 0.717) is 17.0 Å². The smallest absolute Gasteiger partial charge is 0.433 e. The summed E-state index contributed by atoms with van der Waals surface area (Å²) in [7, 11) is 1.53. The first-order chi connectivity index (χ1) is 12.5. The van der Waals surface area contributed by atoms with E-state index in [1.807, 2.05) is 17.5 Å². The van der Waals surface area contributed by atoms with Crippen LogP contribution in [0.3, 0.4) is 0 Å². The first-order valence-corrected chi connectivity index (χ1v) is 8.50. The largest absolute Gasteiger partial charge is 0.497 e. The highest BCUT2D eigenvalue weighted by Crippen LogP contribution is 2.34. The fraction of sp³-hybridized carbons (Fsp3) is 0.111. The molecule has 0 aliphatic heterocycles. The van der Waals surface area contributed by atoms with E-state index in [2.05, 4.69) is 10.1 Å². The zero-order valence-corrected chi connectivity index (χ0v) is 14.3. The van der Waals surface area contributed by atoms with Crippen molar-refractivity contribution in [3.63, 3.8) is 0 Å². The molecule has 0 radical (unpaired) electrons. The standard InChI is InChI=1S/C18H12F3N3OS/c1-25-12-6-4-11(5-7-12)13-9-16(18(19,20)21)24-17(22-13)10-14(23-24)15-3-2-8-26-15/h2-10H,1H3. The number of hydrogen-bond donors (Lipinski definition) is 0. The molecule has 0 atom stereocenters. The van der Waals surface area contributed by atoms with Crippen LogP contribution in [0.15, 0.2) is 53.9 Å². The minimum Gasteiger partial charge on any atom is -0.497 e. The summed E-state index contributed by atoms with van der Waals surface area (Å²) < 4.78 is 46.7. The van der Waals surface area contributed by atoms with Gasteiger partial charge in [-0.25, -0.2) is 9.50 Å². The highest BCUT2D eigenvalue weighted by atomic mass is 32.1. The molecule has 0 spiro atoms. The molecule has 0 aliphatic carbocycles. The molecule has 132 valence electrons. The molecule has 1 aromatic carbocycles. The van der Waals surface area contributed by atoms with Gasteiger partial charge in [-0.15, -0.1) is 11.3 Å². The number of thiophene rings is 1. The molecule has 0 fully saturated rings. The van der Waals surface area contributed by atoms with Crippen molar-refractivity contribution < 1.29 is 17.9 Å². The van der Waals surface area contributed by atoms with Crippen LogP contribution in [0, 0.1) is 0 Å². The molecule has 0 amide bonds. The van der Waals surface area contributed by atoms with Crippen LogP contribution in [0.1, 0.15) is 5.69 Å². The van der Waals surface area contributed by atoms with Crippen molar-refractivity contribution in [2.45, 2.75) is 6.18 Å². The molecule has 0 bridgehead atoms. The second-order valence-corrected chi connectivity index (χ2v) is 6.48. The fourth-order valence-electron chi connectivity index (χ4n) is 2.63. The molecule has 4 rings (SSSR count). The number of hydrogen-bond acceptors (Lipinski definition) is 4. The lowest BCUT2D eigenvalue weighted by Gasteiger charge is -2.11. The average Bonchev–Trinajstić information content (AvgIpc) is 3.29. The second-order valence-electron chi connectivity index (χ2n) is 5.53. The van der Waals surface area contributed by atoms with Gasteiger partial charge in [-0.05, 0) is 41.8 Å². The van der Waals surface area contributed by atoms with Crippen LogP contribution in [-0.4, -0.2) is 21.7 Å². The Morgan fingerprint density at radius 1 is 1.04 bits per heavy atom. The van der Waals surface area contributed by atoms with Crippen molar-refractivity contribution in [1.82, 2.24) is 14.6 Å². The van der Waals surface area contributed by atoms with Gasteiger partial charge in [0.1, 0.15) is 11.4 Å². The number of benzene rings is 1. The predicted molar refractivity (Wildman–Crippen MR) is 93.3 cm³/mol. The summed E-state index contributed by atoms with van der Waals surface area (Å²) in [5, 5.41) is 5.96. The van der Waals surface area contributed by atoms with Gasteiger partial charge < -0.3 is 4.74 Å². The van der Waals surface area contributed by atoms with Crippen LogP contribution >= 0.6 is 11.3 Å². The number of methoxy groups -OCH3 is 1. The van der Waals surface area contributed by atoms with Gasteiger partial charge in [0.05, 0.1) is 17.7 Å². The number of halogens is 3. The number of aromatic nitrogens is 3. The van der Waals surface area contributed by atoms with E-state index in [0.717, 1.165) is 15.5 Å². The molecule has 26 heavy (non-hydrogen) atoms. The van der Waals surface area contributed by atoms with Gasteiger partial charge in [0.2, 0.25) is 0 Å². The monoisotopic (exact) mass is 375 g/mol. The summed E-state index contributed by atoms with van der Waals surface area (Å²) in [4.78, 5) is 5.16. The summed E-state index contributed by atoms with van der Waals surface area (Å²) in [5.41, 5.74) is 0.540. The quantitative estimate of drug-likeness (QED) is 0.497. The van der Waals surface area contributed by atoms with Gasteiger partial charge >= 0.3 is 6.18 Å². The van der Waals surface area contributed by atoms with Crippen molar-refractivity contribution in [1.29, 1.82) is 0 Å². The Labute approximate surface area is 150 Å². The summed E-state index contributed by atoms with van der Waals surface area (Å²) >= 11 is 1.41. The Hall–Kier alpha value is -2.87. The third-order valence-electron chi connectivity index (χ3n) is 3.88. The van der Waals surface area contributed by atoms with Gasteiger partial charge in [0, 0.05) is 11.6 Å². The molecule has 8 heteroatoms. The van der Waals surface area contributed by atoms with E-state index >= 15 is 0 Å². The van der Waals surface area contributed by atoms with Crippen molar-refractivity contribution in [2.75, 3.05) is 7.11 Å². The molecule has 3 aromatic heterocycles. The zero-order chi connectivity index (χ0) is 18.3. The number of ether oxygens (including phenoxy) is 1. The molecule has 0 N–H and O–H groups in total. The van der Waals surface area contributed by atoms with Gasteiger partial charge in [-0.3, -0.25) is 0 Å². The summed E-state index contributed by atoms with van der Waals surface area (Å²) in [6.45, 7) is 0. The normalized spacial score (nSPS) is 11.8. The maximum atomic E-state index is 13.6. The van der Waals surface area contributed by atoms with E-state index < -0.39 is 11.9 Å². The van der Waals surface area contributed by atoms with E-state index in [9.17, 15) is 13.2 Å². The number of rotatable bonds is 3. The molecule has 0 saturated heterocycles. The van der Waals surface area contributed by atoms with Crippen LogP contribution in [0.5, 0.6) is 5.75 Å². The summed E-state index contributed by atoms with van der Waals surface area (Å²) in [6, 6.07) is 12.9. The van der Waals surface area contributed by atoms with Crippen LogP contribution in [0.4, 0.5) is 13.2 Å². The summed E-state index contributed by atoms with van der Waals surface area (Å²) in [5.74, 6) is 0.621. The molecule has 0 saturated carbocycles.